The first-order valence-corrected chi connectivity index (χ1v) is 8.17. The number of aromatic nitrogens is 2. The number of nitrogens with zero attached hydrogens (tertiary/aromatic N) is 2. The molecule has 0 amide bonds. The van der Waals surface area contributed by atoms with Crippen molar-refractivity contribution in [2.45, 2.75) is 0 Å². The molecule has 0 N–H and O–H groups in total. The van der Waals surface area contributed by atoms with Crippen LogP contribution in [-0.4, -0.2) is 9.97 Å². The smallest absolute Gasteiger partial charge is 0.172 e. The van der Waals surface area contributed by atoms with Gasteiger partial charge in [-0.1, -0.05) is 58.5 Å². The van der Waals surface area contributed by atoms with Crippen LogP contribution in [0.15, 0.2) is 35.7 Å². The van der Waals surface area contributed by atoms with Crippen molar-refractivity contribution in [2.75, 3.05) is 0 Å². The molecule has 2 aromatic heterocycles. The Morgan fingerprint density at radius 1 is 0.857 bits per heavy atom. The molecule has 0 saturated carbocycles. The molecule has 0 bridgehead atoms. The Kier molecular flexibility index (Phi) is 4.38. The monoisotopic (exact) mass is 374 g/mol. The lowest BCUT2D eigenvalue weighted by molar-refractivity contribution is 1.19. The summed E-state index contributed by atoms with van der Waals surface area (Å²) in [4.78, 5) is 9.41. The van der Waals surface area contributed by atoms with Crippen molar-refractivity contribution < 1.29 is 0 Å². The molecule has 7 heteroatoms. The normalized spacial score (nSPS) is 10.9. The summed E-state index contributed by atoms with van der Waals surface area (Å²) in [5, 5.41) is 3.57. The first-order valence-electron chi connectivity index (χ1n) is 5.78. The fraction of sp³-hybridized carbons (Fsp3) is 0. The van der Waals surface area contributed by atoms with Gasteiger partial charge in [-0.2, -0.15) is 0 Å². The van der Waals surface area contributed by atoms with Gasteiger partial charge in [0.1, 0.15) is 10.3 Å². The highest BCUT2D eigenvalue weighted by molar-refractivity contribution is 7.14. The quantitative estimate of drug-likeness (QED) is 0.478. The summed E-state index contributed by atoms with van der Waals surface area (Å²) in [5.41, 5.74) is 1.33. The molecule has 0 unspecified atom stereocenters. The summed E-state index contributed by atoms with van der Waals surface area (Å²) in [5.74, 6) is 0.452. The standard InChI is InChI=1S/C14H6Cl4N2S/c15-8-3-1-2-7(4-8)11-12(17)19-14(20-13(11)18)10-5-9(16)6-21-10/h1-6H. The Morgan fingerprint density at radius 3 is 2.14 bits per heavy atom. The minimum atomic E-state index is 0.275. The van der Waals surface area contributed by atoms with Gasteiger partial charge in [-0.3, -0.25) is 0 Å². The molecule has 0 atom stereocenters. The van der Waals surface area contributed by atoms with Crippen LogP contribution in [0.25, 0.3) is 21.8 Å². The lowest BCUT2D eigenvalue weighted by atomic mass is 10.1. The molecule has 106 valence electrons. The minimum Gasteiger partial charge on any atom is -0.215 e. The molecule has 3 aromatic rings. The number of benzene rings is 1. The van der Waals surface area contributed by atoms with Crippen molar-refractivity contribution in [2.24, 2.45) is 0 Å². The summed E-state index contributed by atoms with van der Waals surface area (Å²) in [6.45, 7) is 0. The van der Waals surface area contributed by atoms with Gasteiger partial charge in [-0.15, -0.1) is 11.3 Å². The summed E-state index contributed by atoms with van der Waals surface area (Å²) < 4.78 is 0. The zero-order valence-electron chi connectivity index (χ0n) is 10.3. The van der Waals surface area contributed by atoms with E-state index in [4.69, 9.17) is 46.4 Å². The molecule has 0 aliphatic carbocycles. The highest BCUT2D eigenvalue weighted by atomic mass is 35.5. The molecule has 3 rings (SSSR count). The number of hydrogen-bond acceptors (Lipinski definition) is 3. The van der Waals surface area contributed by atoms with Gasteiger partial charge in [0.05, 0.1) is 15.5 Å². The third-order valence-electron chi connectivity index (χ3n) is 2.72. The first-order chi connectivity index (χ1) is 10.0. The topological polar surface area (TPSA) is 25.8 Å². The van der Waals surface area contributed by atoms with Gasteiger partial charge in [0.25, 0.3) is 0 Å². The van der Waals surface area contributed by atoms with Gasteiger partial charge in [-0.05, 0) is 23.8 Å². The Morgan fingerprint density at radius 2 is 1.57 bits per heavy atom. The molecule has 2 nitrogen and oxygen atoms in total. The molecular weight excluding hydrogens is 370 g/mol. The molecule has 0 saturated heterocycles. The van der Waals surface area contributed by atoms with E-state index >= 15 is 0 Å². The molecule has 0 fully saturated rings. The van der Waals surface area contributed by atoms with E-state index in [0.717, 1.165) is 10.4 Å². The van der Waals surface area contributed by atoms with E-state index in [1.165, 1.54) is 11.3 Å². The predicted molar refractivity (Wildman–Crippen MR) is 90.8 cm³/mol. The van der Waals surface area contributed by atoms with Crippen LogP contribution in [0, 0.1) is 0 Å². The van der Waals surface area contributed by atoms with Gasteiger partial charge in [0.15, 0.2) is 5.82 Å². The molecule has 1 aromatic carbocycles. The van der Waals surface area contributed by atoms with Crippen molar-refractivity contribution >= 4 is 57.7 Å². The van der Waals surface area contributed by atoms with Crippen molar-refractivity contribution in [3.8, 4) is 21.8 Å². The van der Waals surface area contributed by atoms with E-state index in [1.807, 2.05) is 12.1 Å². The van der Waals surface area contributed by atoms with E-state index in [1.54, 1.807) is 23.6 Å². The van der Waals surface area contributed by atoms with Crippen LogP contribution in [-0.2, 0) is 0 Å². The van der Waals surface area contributed by atoms with Crippen molar-refractivity contribution in [3.05, 3.63) is 56.1 Å². The maximum Gasteiger partial charge on any atom is 0.172 e. The first kappa shape index (κ1) is 15.1. The van der Waals surface area contributed by atoms with Crippen LogP contribution in [0.2, 0.25) is 20.4 Å². The molecule has 0 radical (unpaired) electrons. The molecule has 21 heavy (non-hydrogen) atoms. The zero-order valence-corrected chi connectivity index (χ0v) is 14.1. The average molecular weight is 376 g/mol. The third-order valence-corrected chi connectivity index (χ3v) is 4.78. The van der Waals surface area contributed by atoms with Gasteiger partial charge in [0.2, 0.25) is 0 Å². The SMILES string of the molecule is Clc1cccc(-c2c(Cl)nc(-c3cc(Cl)cs3)nc2Cl)c1. The lowest BCUT2D eigenvalue weighted by Crippen LogP contribution is -1.93. The van der Waals surface area contributed by atoms with E-state index in [-0.39, 0.29) is 10.3 Å². The maximum atomic E-state index is 6.27. The lowest BCUT2D eigenvalue weighted by Gasteiger charge is -2.08. The van der Waals surface area contributed by atoms with E-state index < -0.39 is 0 Å². The molecular formula is C14H6Cl4N2S. The fourth-order valence-electron chi connectivity index (χ4n) is 1.83. The van der Waals surface area contributed by atoms with Crippen LogP contribution < -0.4 is 0 Å². The third kappa shape index (κ3) is 3.17. The fourth-order valence-corrected chi connectivity index (χ4v) is 3.63. The summed E-state index contributed by atoms with van der Waals surface area (Å²) >= 11 is 25.9. The number of hydrogen-bond donors (Lipinski definition) is 0. The van der Waals surface area contributed by atoms with Gasteiger partial charge in [0, 0.05) is 10.4 Å². The van der Waals surface area contributed by atoms with Gasteiger partial charge >= 0.3 is 0 Å². The summed E-state index contributed by atoms with van der Waals surface area (Å²) in [7, 11) is 0. The van der Waals surface area contributed by atoms with Crippen molar-refractivity contribution in [1.29, 1.82) is 0 Å². The second kappa shape index (κ2) is 6.11. The van der Waals surface area contributed by atoms with Crippen LogP contribution >= 0.6 is 57.7 Å². The van der Waals surface area contributed by atoms with Gasteiger partial charge < -0.3 is 0 Å². The predicted octanol–water partition coefficient (Wildman–Crippen LogP) is 6.49. The average Bonchev–Trinajstić information content (AvgIpc) is 2.85. The van der Waals surface area contributed by atoms with Crippen LogP contribution in [0.5, 0.6) is 0 Å². The highest BCUT2D eigenvalue weighted by Crippen LogP contribution is 2.36. The minimum absolute atomic E-state index is 0.275. The van der Waals surface area contributed by atoms with Crippen molar-refractivity contribution in [1.82, 2.24) is 9.97 Å². The van der Waals surface area contributed by atoms with E-state index in [0.29, 0.717) is 21.4 Å². The highest BCUT2D eigenvalue weighted by Gasteiger charge is 2.15. The Labute approximate surface area is 145 Å². The summed E-state index contributed by atoms with van der Waals surface area (Å²) in [6.07, 6.45) is 0. The van der Waals surface area contributed by atoms with Crippen LogP contribution in [0.3, 0.4) is 0 Å². The second-order valence-electron chi connectivity index (χ2n) is 4.14. The Hall–Kier alpha value is -0.840. The molecule has 0 aliphatic heterocycles. The van der Waals surface area contributed by atoms with Crippen LogP contribution in [0.1, 0.15) is 0 Å². The molecule has 0 aliphatic rings. The number of thiophene rings is 1. The Balaban J connectivity index is 2.12. The van der Waals surface area contributed by atoms with E-state index in [2.05, 4.69) is 9.97 Å². The second-order valence-corrected chi connectivity index (χ2v) is 6.64. The number of halogens is 4. The molecule has 0 spiro atoms. The maximum absolute atomic E-state index is 6.27. The summed E-state index contributed by atoms with van der Waals surface area (Å²) in [6, 6.07) is 8.98. The Bertz CT molecular complexity index is 793. The number of rotatable bonds is 2. The van der Waals surface area contributed by atoms with Crippen molar-refractivity contribution in [3.63, 3.8) is 0 Å². The van der Waals surface area contributed by atoms with Crippen LogP contribution in [0.4, 0.5) is 0 Å². The molecule has 2 heterocycles. The van der Waals surface area contributed by atoms with Gasteiger partial charge in [-0.25, -0.2) is 9.97 Å². The zero-order chi connectivity index (χ0) is 15.0. The largest absolute Gasteiger partial charge is 0.215 e. The van der Waals surface area contributed by atoms with E-state index in [9.17, 15) is 0 Å².